The fourth-order valence-corrected chi connectivity index (χ4v) is 3.70. The fraction of sp³-hybridized carbons (Fsp3) is 0.263. The van der Waals surface area contributed by atoms with Crippen molar-refractivity contribution in [2.24, 2.45) is 0 Å². The van der Waals surface area contributed by atoms with Gasteiger partial charge >= 0.3 is 5.97 Å². The molecule has 2 heterocycles. The van der Waals surface area contributed by atoms with Gasteiger partial charge in [-0.05, 0) is 36.2 Å². The van der Waals surface area contributed by atoms with Crippen molar-refractivity contribution in [1.29, 1.82) is 0 Å². The zero-order valence-corrected chi connectivity index (χ0v) is 17.6. The summed E-state index contributed by atoms with van der Waals surface area (Å²) in [4.78, 5) is 40.6. The van der Waals surface area contributed by atoms with Crippen LogP contribution in [-0.2, 0) is 15.7 Å². The maximum absolute atomic E-state index is 11.6. The van der Waals surface area contributed by atoms with E-state index in [1.165, 1.54) is 0 Å². The van der Waals surface area contributed by atoms with Crippen LogP contribution in [0.25, 0.3) is 0 Å². The first-order valence-corrected chi connectivity index (χ1v) is 10.1. The third-order valence-corrected chi connectivity index (χ3v) is 5.48. The average Bonchev–Trinajstić information content (AvgIpc) is 3.05. The zero-order chi connectivity index (χ0) is 20.8. The molecule has 1 aromatic carbocycles. The molecule has 2 aromatic rings. The van der Waals surface area contributed by atoms with Crippen LogP contribution in [-0.4, -0.2) is 47.5 Å². The summed E-state index contributed by atoms with van der Waals surface area (Å²) in [6, 6.07) is 10.7. The molecule has 10 heteroatoms. The number of pyridine rings is 1. The lowest BCUT2D eigenvalue weighted by molar-refractivity contribution is -0.118. The summed E-state index contributed by atoms with van der Waals surface area (Å²) >= 11 is 1.02. The highest BCUT2D eigenvalue weighted by Gasteiger charge is 2.31. The van der Waals surface area contributed by atoms with E-state index in [9.17, 15) is 14.4 Å². The Morgan fingerprint density at radius 1 is 1.28 bits per heavy atom. The van der Waals surface area contributed by atoms with Gasteiger partial charge in [0, 0.05) is 13.2 Å². The standard InChI is InChI=1S/C19H20N3O5PS/c1-22(16-11-13(6-7-20-16)18(24)27-28)8-9-26-14-4-2-12(3-5-14)10-15-17(23)21-19(25)29-15/h2-7,11,15H,8-10,28H2,1H3,(H,21,23,25). The van der Waals surface area contributed by atoms with E-state index in [1.807, 2.05) is 45.7 Å². The maximum Gasteiger partial charge on any atom is 0.340 e. The van der Waals surface area contributed by atoms with Gasteiger partial charge in [-0.3, -0.25) is 14.9 Å². The highest BCUT2D eigenvalue weighted by molar-refractivity contribution is 8.15. The number of imide groups is 1. The number of likely N-dealkylation sites (N-methyl/N-ethyl adjacent to an activating group) is 1. The summed E-state index contributed by atoms with van der Waals surface area (Å²) in [6.45, 7) is 0.986. The topological polar surface area (TPSA) is 97.8 Å². The van der Waals surface area contributed by atoms with Gasteiger partial charge < -0.3 is 14.2 Å². The molecule has 29 heavy (non-hydrogen) atoms. The fourth-order valence-electron chi connectivity index (χ4n) is 2.70. The lowest BCUT2D eigenvalue weighted by Gasteiger charge is -2.18. The number of aromatic nitrogens is 1. The summed E-state index contributed by atoms with van der Waals surface area (Å²) in [7, 11) is 3.79. The molecule has 0 saturated carbocycles. The van der Waals surface area contributed by atoms with Gasteiger partial charge in [-0.15, -0.1) is 0 Å². The highest BCUT2D eigenvalue weighted by Crippen LogP contribution is 2.24. The third kappa shape index (κ3) is 5.68. The van der Waals surface area contributed by atoms with E-state index < -0.39 is 5.97 Å². The number of hydrogen-bond acceptors (Lipinski definition) is 8. The second-order valence-electron chi connectivity index (χ2n) is 6.31. The van der Waals surface area contributed by atoms with Crippen LogP contribution in [0.4, 0.5) is 10.6 Å². The first-order valence-electron chi connectivity index (χ1n) is 8.77. The monoisotopic (exact) mass is 433 g/mol. The van der Waals surface area contributed by atoms with Crippen LogP contribution < -0.4 is 15.0 Å². The van der Waals surface area contributed by atoms with E-state index in [1.54, 1.807) is 18.3 Å². The number of carbonyl (C=O) groups is 3. The van der Waals surface area contributed by atoms with Crippen molar-refractivity contribution in [3.05, 3.63) is 53.7 Å². The molecule has 0 spiro atoms. The lowest BCUT2D eigenvalue weighted by Crippen LogP contribution is -2.25. The Bertz CT molecular complexity index is 909. The van der Waals surface area contributed by atoms with E-state index >= 15 is 0 Å². The molecule has 152 valence electrons. The molecule has 0 bridgehead atoms. The SMILES string of the molecule is CN(CCOc1ccc(CC2SC(=O)NC2=O)cc1)c1cc(C(=O)OP)ccn1. The molecule has 1 N–H and O–H groups in total. The van der Waals surface area contributed by atoms with Crippen molar-refractivity contribution in [3.63, 3.8) is 0 Å². The van der Waals surface area contributed by atoms with Crippen LogP contribution in [0.3, 0.4) is 0 Å². The van der Waals surface area contributed by atoms with Gasteiger partial charge in [-0.25, -0.2) is 9.78 Å². The van der Waals surface area contributed by atoms with Crippen molar-refractivity contribution >= 4 is 44.2 Å². The minimum atomic E-state index is -0.443. The number of anilines is 1. The van der Waals surface area contributed by atoms with Gasteiger partial charge in [0.1, 0.15) is 18.2 Å². The molecule has 8 nitrogen and oxygen atoms in total. The lowest BCUT2D eigenvalue weighted by atomic mass is 10.1. The first-order chi connectivity index (χ1) is 14.0. The highest BCUT2D eigenvalue weighted by atomic mass is 32.2. The number of rotatable bonds is 8. The molecule has 1 aliphatic heterocycles. The summed E-state index contributed by atoms with van der Waals surface area (Å²) in [5.74, 6) is 0.655. The Morgan fingerprint density at radius 3 is 2.69 bits per heavy atom. The van der Waals surface area contributed by atoms with E-state index in [-0.39, 0.29) is 16.4 Å². The van der Waals surface area contributed by atoms with Crippen LogP contribution >= 0.6 is 21.2 Å². The minimum absolute atomic E-state index is 0.244. The van der Waals surface area contributed by atoms with Crippen molar-refractivity contribution in [2.75, 3.05) is 25.1 Å². The molecular formula is C19H20N3O5PS. The summed E-state index contributed by atoms with van der Waals surface area (Å²) in [5.41, 5.74) is 1.38. The molecule has 1 aliphatic rings. The molecule has 3 rings (SSSR count). The predicted molar refractivity (Wildman–Crippen MR) is 113 cm³/mol. The number of hydrogen-bond donors (Lipinski definition) is 1. The molecule has 2 unspecified atom stereocenters. The first kappa shape index (κ1) is 21.1. The van der Waals surface area contributed by atoms with Gasteiger partial charge in [-0.2, -0.15) is 0 Å². The van der Waals surface area contributed by atoms with Crippen LogP contribution in [0.1, 0.15) is 15.9 Å². The summed E-state index contributed by atoms with van der Waals surface area (Å²) in [5, 5.41) is 1.61. The zero-order valence-electron chi connectivity index (χ0n) is 15.7. The molecule has 0 aliphatic carbocycles. The number of carbonyl (C=O) groups excluding carboxylic acids is 3. The largest absolute Gasteiger partial charge is 0.492 e. The van der Waals surface area contributed by atoms with Crippen molar-refractivity contribution < 1.29 is 23.6 Å². The molecule has 2 amide bonds. The van der Waals surface area contributed by atoms with Crippen LogP contribution in [0, 0.1) is 0 Å². The molecule has 1 saturated heterocycles. The van der Waals surface area contributed by atoms with Gasteiger partial charge in [0.15, 0.2) is 0 Å². The Balaban J connectivity index is 1.48. The second kappa shape index (κ2) is 9.71. The van der Waals surface area contributed by atoms with Crippen LogP contribution in [0.2, 0.25) is 0 Å². The van der Waals surface area contributed by atoms with Gasteiger partial charge in [0.25, 0.3) is 5.24 Å². The normalized spacial score (nSPS) is 15.7. The number of ether oxygens (including phenoxy) is 1. The molecule has 0 radical (unpaired) electrons. The Kier molecular flexibility index (Phi) is 7.06. The van der Waals surface area contributed by atoms with Crippen molar-refractivity contribution in [1.82, 2.24) is 10.3 Å². The smallest absolute Gasteiger partial charge is 0.340 e. The molecular weight excluding hydrogens is 413 g/mol. The van der Waals surface area contributed by atoms with E-state index in [0.29, 0.717) is 36.7 Å². The summed E-state index contributed by atoms with van der Waals surface area (Å²) in [6.07, 6.45) is 2.05. The van der Waals surface area contributed by atoms with Gasteiger partial charge in [0.05, 0.1) is 26.8 Å². The minimum Gasteiger partial charge on any atom is -0.492 e. The summed E-state index contributed by atoms with van der Waals surface area (Å²) < 4.78 is 10.4. The molecule has 2 atom stereocenters. The number of amides is 2. The molecule has 1 aromatic heterocycles. The van der Waals surface area contributed by atoms with Crippen LogP contribution in [0.15, 0.2) is 42.6 Å². The maximum atomic E-state index is 11.6. The van der Waals surface area contributed by atoms with Gasteiger partial charge in [-0.1, -0.05) is 23.9 Å². The average molecular weight is 433 g/mol. The Hall–Kier alpha value is -2.64. The second-order valence-corrected chi connectivity index (χ2v) is 7.72. The van der Waals surface area contributed by atoms with Crippen molar-refractivity contribution in [2.45, 2.75) is 11.7 Å². The van der Waals surface area contributed by atoms with Crippen LogP contribution in [0.5, 0.6) is 5.75 Å². The number of thioether (sulfide) groups is 1. The Labute approximate surface area is 174 Å². The quantitative estimate of drug-likeness (QED) is 0.634. The van der Waals surface area contributed by atoms with E-state index in [2.05, 4.69) is 14.8 Å². The third-order valence-electron chi connectivity index (χ3n) is 4.29. The number of nitrogens with zero attached hydrogens (tertiary/aromatic N) is 2. The number of nitrogens with one attached hydrogen (secondary N) is 1. The van der Waals surface area contributed by atoms with Gasteiger partial charge in [0.2, 0.25) is 5.91 Å². The van der Waals surface area contributed by atoms with E-state index in [4.69, 9.17) is 4.74 Å². The molecule has 1 fully saturated rings. The van der Waals surface area contributed by atoms with Crippen molar-refractivity contribution in [3.8, 4) is 5.75 Å². The predicted octanol–water partition coefficient (Wildman–Crippen LogP) is 2.44. The number of benzene rings is 1. The Morgan fingerprint density at radius 2 is 2.03 bits per heavy atom. The van der Waals surface area contributed by atoms with E-state index in [0.717, 1.165) is 17.3 Å².